The molecule has 1 aromatic carbocycles. The van der Waals surface area contributed by atoms with Crippen molar-refractivity contribution in [1.82, 2.24) is 15.5 Å². The SMILES string of the molecule is CC(C)(C)NC(=O)CN1CCC(CNCc2cccc(C#N)c2)CC1. The molecule has 5 heteroatoms. The predicted octanol–water partition coefficient (Wildman–Crippen LogP) is 2.27. The quantitative estimate of drug-likeness (QED) is 0.832. The fourth-order valence-corrected chi connectivity index (χ4v) is 3.18. The second kappa shape index (κ2) is 8.98. The van der Waals surface area contributed by atoms with E-state index in [4.69, 9.17) is 5.26 Å². The van der Waals surface area contributed by atoms with Crippen LogP contribution in [-0.4, -0.2) is 42.5 Å². The molecule has 2 N–H and O–H groups in total. The van der Waals surface area contributed by atoms with Crippen molar-refractivity contribution in [3.8, 4) is 6.07 Å². The van der Waals surface area contributed by atoms with Crippen LogP contribution in [0.15, 0.2) is 24.3 Å². The second-order valence-electron chi connectivity index (χ2n) is 7.96. The lowest BCUT2D eigenvalue weighted by Crippen LogP contribution is -2.48. The van der Waals surface area contributed by atoms with E-state index >= 15 is 0 Å². The normalized spacial score (nSPS) is 16.4. The number of nitrogens with zero attached hydrogens (tertiary/aromatic N) is 2. The summed E-state index contributed by atoms with van der Waals surface area (Å²) in [4.78, 5) is 14.2. The summed E-state index contributed by atoms with van der Waals surface area (Å²) in [6, 6.07) is 9.91. The maximum Gasteiger partial charge on any atom is 0.234 e. The third kappa shape index (κ3) is 7.25. The molecule has 1 aliphatic heterocycles. The van der Waals surface area contributed by atoms with Gasteiger partial charge in [-0.05, 0) is 76.9 Å². The lowest BCUT2D eigenvalue weighted by Gasteiger charge is -2.32. The van der Waals surface area contributed by atoms with Crippen LogP contribution in [0, 0.1) is 17.2 Å². The summed E-state index contributed by atoms with van der Waals surface area (Å²) < 4.78 is 0. The van der Waals surface area contributed by atoms with Crippen LogP contribution < -0.4 is 10.6 Å². The number of hydrogen-bond acceptors (Lipinski definition) is 4. The van der Waals surface area contributed by atoms with Crippen molar-refractivity contribution >= 4 is 5.91 Å². The zero-order valence-corrected chi connectivity index (χ0v) is 15.6. The first kappa shape index (κ1) is 19.4. The molecule has 0 bridgehead atoms. The Hall–Kier alpha value is -1.90. The molecule has 1 aliphatic rings. The van der Waals surface area contributed by atoms with E-state index in [0.717, 1.165) is 44.6 Å². The molecule has 5 nitrogen and oxygen atoms in total. The summed E-state index contributed by atoms with van der Waals surface area (Å²) in [5.41, 5.74) is 1.69. The molecule has 136 valence electrons. The first-order valence-electron chi connectivity index (χ1n) is 9.09. The Labute approximate surface area is 151 Å². The van der Waals surface area contributed by atoms with E-state index in [-0.39, 0.29) is 11.4 Å². The molecule has 0 unspecified atom stereocenters. The van der Waals surface area contributed by atoms with Crippen molar-refractivity contribution in [2.24, 2.45) is 5.92 Å². The van der Waals surface area contributed by atoms with E-state index in [1.807, 2.05) is 45.0 Å². The van der Waals surface area contributed by atoms with E-state index in [2.05, 4.69) is 21.6 Å². The molecule has 0 spiro atoms. The minimum absolute atomic E-state index is 0.112. The largest absolute Gasteiger partial charge is 0.350 e. The van der Waals surface area contributed by atoms with Crippen LogP contribution in [0.25, 0.3) is 0 Å². The molecule has 0 aliphatic carbocycles. The van der Waals surface area contributed by atoms with E-state index in [1.54, 1.807) is 0 Å². The van der Waals surface area contributed by atoms with Gasteiger partial charge in [-0.2, -0.15) is 5.26 Å². The van der Waals surface area contributed by atoms with Crippen molar-refractivity contribution in [3.05, 3.63) is 35.4 Å². The van der Waals surface area contributed by atoms with Gasteiger partial charge >= 0.3 is 0 Å². The van der Waals surface area contributed by atoms with E-state index in [1.165, 1.54) is 0 Å². The van der Waals surface area contributed by atoms with Gasteiger partial charge in [-0.15, -0.1) is 0 Å². The highest BCUT2D eigenvalue weighted by Gasteiger charge is 2.22. The zero-order valence-electron chi connectivity index (χ0n) is 15.6. The number of piperidine rings is 1. The van der Waals surface area contributed by atoms with Crippen LogP contribution in [-0.2, 0) is 11.3 Å². The Balaban J connectivity index is 1.65. The number of hydrogen-bond donors (Lipinski definition) is 2. The number of carbonyl (C=O) groups is 1. The van der Waals surface area contributed by atoms with Crippen LogP contribution in [0.4, 0.5) is 0 Å². The highest BCUT2D eigenvalue weighted by molar-refractivity contribution is 5.78. The van der Waals surface area contributed by atoms with Crippen molar-refractivity contribution in [3.63, 3.8) is 0 Å². The third-order valence-corrected chi connectivity index (χ3v) is 4.41. The van der Waals surface area contributed by atoms with Gasteiger partial charge in [0.15, 0.2) is 0 Å². The number of amides is 1. The highest BCUT2D eigenvalue weighted by atomic mass is 16.2. The van der Waals surface area contributed by atoms with Crippen LogP contribution >= 0.6 is 0 Å². The van der Waals surface area contributed by atoms with Crippen molar-refractivity contribution < 1.29 is 4.79 Å². The van der Waals surface area contributed by atoms with Gasteiger partial charge in [0.25, 0.3) is 0 Å². The lowest BCUT2D eigenvalue weighted by atomic mass is 9.96. The van der Waals surface area contributed by atoms with Crippen LogP contribution in [0.3, 0.4) is 0 Å². The zero-order chi connectivity index (χ0) is 18.3. The minimum Gasteiger partial charge on any atom is -0.350 e. The third-order valence-electron chi connectivity index (χ3n) is 4.41. The summed E-state index contributed by atoms with van der Waals surface area (Å²) in [5.74, 6) is 0.766. The molecule has 1 heterocycles. The number of benzene rings is 1. The van der Waals surface area contributed by atoms with E-state index in [0.29, 0.717) is 18.0 Å². The van der Waals surface area contributed by atoms with Crippen molar-refractivity contribution in [2.75, 3.05) is 26.2 Å². The van der Waals surface area contributed by atoms with Gasteiger partial charge in [0.2, 0.25) is 5.91 Å². The first-order chi connectivity index (χ1) is 11.9. The van der Waals surface area contributed by atoms with Gasteiger partial charge in [0.1, 0.15) is 0 Å². The Bertz CT molecular complexity index is 607. The average Bonchev–Trinajstić information content (AvgIpc) is 2.55. The fourth-order valence-electron chi connectivity index (χ4n) is 3.18. The molecule has 0 radical (unpaired) electrons. The van der Waals surface area contributed by atoms with Gasteiger partial charge in [0.05, 0.1) is 18.2 Å². The Kier molecular flexibility index (Phi) is 6.98. The smallest absolute Gasteiger partial charge is 0.234 e. The van der Waals surface area contributed by atoms with Crippen LogP contribution in [0.1, 0.15) is 44.7 Å². The molecule has 1 fully saturated rings. The van der Waals surface area contributed by atoms with Crippen LogP contribution in [0.5, 0.6) is 0 Å². The standard InChI is InChI=1S/C20H30N4O/c1-20(2,3)23-19(25)15-24-9-7-16(8-10-24)13-22-14-18-6-4-5-17(11-18)12-21/h4-6,11,16,22H,7-10,13-15H2,1-3H3,(H,23,25). The molecule has 0 saturated carbocycles. The van der Waals surface area contributed by atoms with Gasteiger partial charge in [-0.25, -0.2) is 0 Å². The molecule has 25 heavy (non-hydrogen) atoms. The molecule has 1 aromatic rings. The number of likely N-dealkylation sites (tertiary alicyclic amines) is 1. The van der Waals surface area contributed by atoms with E-state index < -0.39 is 0 Å². The molecular formula is C20H30N4O. The number of nitrogens with one attached hydrogen (secondary N) is 2. The summed E-state index contributed by atoms with van der Waals surface area (Å²) >= 11 is 0. The summed E-state index contributed by atoms with van der Waals surface area (Å²) in [6.07, 6.45) is 2.24. The van der Waals surface area contributed by atoms with Gasteiger partial charge in [-0.3, -0.25) is 9.69 Å². The Morgan fingerprint density at radius 2 is 2.04 bits per heavy atom. The van der Waals surface area contributed by atoms with Gasteiger partial charge in [0, 0.05) is 12.1 Å². The number of carbonyl (C=O) groups excluding carboxylic acids is 1. The van der Waals surface area contributed by atoms with Gasteiger partial charge < -0.3 is 10.6 Å². The van der Waals surface area contributed by atoms with Crippen molar-refractivity contribution in [2.45, 2.75) is 45.7 Å². The summed E-state index contributed by atoms with van der Waals surface area (Å²) in [6.45, 7) is 10.3. The lowest BCUT2D eigenvalue weighted by molar-refractivity contribution is -0.124. The maximum atomic E-state index is 12.0. The molecule has 0 aromatic heterocycles. The topological polar surface area (TPSA) is 68.2 Å². The number of nitriles is 1. The first-order valence-corrected chi connectivity index (χ1v) is 9.09. The van der Waals surface area contributed by atoms with Gasteiger partial charge in [-0.1, -0.05) is 12.1 Å². The molecule has 1 amide bonds. The van der Waals surface area contributed by atoms with Crippen LogP contribution in [0.2, 0.25) is 0 Å². The van der Waals surface area contributed by atoms with Crippen molar-refractivity contribution in [1.29, 1.82) is 5.26 Å². The Morgan fingerprint density at radius 1 is 1.32 bits per heavy atom. The Morgan fingerprint density at radius 3 is 2.68 bits per heavy atom. The predicted molar refractivity (Wildman–Crippen MR) is 99.9 cm³/mol. The average molecular weight is 342 g/mol. The second-order valence-corrected chi connectivity index (χ2v) is 7.96. The molecular weight excluding hydrogens is 312 g/mol. The summed E-state index contributed by atoms with van der Waals surface area (Å²) in [7, 11) is 0. The molecule has 2 rings (SSSR count). The highest BCUT2D eigenvalue weighted by Crippen LogP contribution is 2.16. The number of rotatable bonds is 6. The maximum absolute atomic E-state index is 12.0. The fraction of sp³-hybridized carbons (Fsp3) is 0.600. The minimum atomic E-state index is -0.165. The summed E-state index contributed by atoms with van der Waals surface area (Å²) in [5, 5.41) is 15.5. The molecule has 1 saturated heterocycles. The monoisotopic (exact) mass is 342 g/mol. The molecule has 0 atom stereocenters. The van der Waals surface area contributed by atoms with E-state index in [9.17, 15) is 4.79 Å².